The predicted octanol–water partition coefficient (Wildman–Crippen LogP) is 1.96. The average Bonchev–Trinajstić information content (AvgIpc) is 2.68. The number of nitrogens with zero attached hydrogens (tertiary/aromatic N) is 1. The maximum atomic E-state index is 13.4. The van der Waals surface area contributed by atoms with Crippen LogP contribution in [-0.4, -0.2) is 30.9 Å². The smallest absolute Gasteiger partial charge is 0.340 e. The average molecular weight is 272 g/mol. The van der Waals surface area contributed by atoms with E-state index in [1.807, 2.05) is 0 Å². The van der Waals surface area contributed by atoms with E-state index in [4.69, 9.17) is 11.6 Å². The zero-order valence-electron chi connectivity index (χ0n) is 9.65. The van der Waals surface area contributed by atoms with Crippen LogP contribution >= 0.6 is 11.6 Å². The lowest BCUT2D eigenvalue weighted by Gasteiger charge is -2.16. The van der Waals surface area contributed by atoms with E-state index in [0.717, 1.165) is 6.07 Å². The Hall–Kier alpha value is -1.62. The number of benzene rings is 1. The quantitative estimate of drug-likeness (QED) is 0.610. The number of carbonyl (C=O) groups is 2. The van der Waals surface area contributed by atoms with Gasteiger partial charge in [0.25, 0.3) is 0 Å². The zero-order valence-corrected chi connectivity index (χ0v) is 10.4. The summed E-state index contributed by atoms with van der Waals surface area (Å²) in [6.07, 6.45) is 0.243. The summed E-state index contributed by atoms with van der Waals surface area (Å²) in [4.78, 5) is 24.4. The molecule has 1 unspecified atom stereocenters. The second kappa shape index (κ2) is 4.94. The number of halogens is 2. The summed E-state index contributed by atoms with van der Waals surface area (Å²) >= 11 is 5.88. The number of amides is 1. The number of esters is 1. The highest BCUT2D eigenvalue weighted by Crippen LogP contribution is 2.26. The fourth-order valence-corrected chi connectivity index (χ4v) is 2.13. The van der Waals surface area contributed by atoms with Gasteiger partial charge < -0.3 is 9.64 Å². The summed E-state index contributed by atoms with van der Waals surface area (Å²) in [5.74, 6) is -1.60. The van der Waals surface area contributed by atoms with Crippen molar-refractivity contribution in [2.24, 2.45) is 0 Å². The Labute approximate surface area is 108 Å². The Kier molecular flexibility index (Phi) is 3.52. The molecule has 1 saturated heterocycles. The van der Waals surface area contributed by atoms with Gasteiger partial charge in [-0.2, -0.15) is 0 Å². The standard InChI is InChI=1S/C12H11ClFNO3/c1-18-12(17)9-5-8(2-3-10(9)14)15-6-7(13)4-11(15)16/h2-3,5,7H,4,6H2,1H3. The molecule has 1 heterocycles. The molecule has 0 spiro atoms. The normalized spacial score (nSPS) is 19.2. The fourth-order valence-electron chi connectivity index (χ4n) is 1.86. The summed E-state index contributed by atoms with van der Waals surface area (Å²) in [6.45, 7) is 0.354. The summed E-state index contributed by atoms with van der Waals surface area (Å²) in [5.41, 5.74) is 0.255. The molecular formula is C12H11ClFNO3. The van der Waals surface area contributed by atoms with Crippen LogP contribution in [0.25, 0.3) is 0 Å². The third kappa shape index (κ3) is 2.31. The van der Waals surface area contributed by atoms with Crippen molar-refractivity contribution < 1.29 is 18.7 Å². The molecule has 2 rings (SSSR count). The molecule has 96 valence electrons. The second-order valence-corrected chi connectivity index (χ2v) is 4.58. The number of hydrogen-bond donors (Lipinski definition) is 0. The Morgan fingerprint density at radius 2 is 2.28 bits per heavy atom. The summed E-state index contributed by atoms with van der Waals surface area (Å²) in [6, 6.07) is 3.87. The molecule has 0 bridgehead atoms. The van der Waals surface area contributed by atoms with Crippen molar-refractivity contribution in [1.29, 1.82) is 0 Å². The molecule has 6 heteroatoms. The van der Waals surface area contributed by atoms with Crippen LogP contribution in [0, 0.1) is 5.82 Å². The summed E-state index contributed by atoms with van der Waals surface area (Å²) in [5, 5.41) is -0.260. The Bertz CT molecular complexity index is 506. The van der Waals surface area contributed by atoms with Gasteiger partial charge >= 0.3 is 5.97 Å². The third-order valence-corrected chi connectivity index (χ3v) is 3.04. The highest BCUT2D eigenvalue weighted by molar-refractivity contribution is 6.24. The molecule has 1 aliphatic rings. The first-order valence-electron chi connectivity index (χ1n) is 5.35. The van der Waals surface area contributed by atoms with Gasteiger partial charge in [0.05, 0.1) is 18.1 Å². The van der Waals surface area contributed by atoms with Gasteiger partial charge in [-0.15, -0.1) is 11.6 Å². The van der Waals surface area contributed by atoms with Gasteiger partial charge in [0.1, 0.15) is 5.82 Å². The molecule has 18 heavy (non-hydrogen) atoms. The molecule has 0 radical (unpaired) electrons. The Morgan fingerprint density at radius 3 is 2.83 bits per heavy atom. The first-order valence-corrected chi connectivity index (χ1v) is 5.79. The Morgan fingerprint density at radius 1 is 1.56 bits per heavy atom. The van der Waals surface area contributed by atoms with Gasteiger partial charge in [0, 0.05) is 18.7 Å². The molecule has 1 amide bonds. The number of carbonyl (C=O) groups excluding carboxylic acids is 2. The maximum Gasteiger partial charge on any atom is 0.340 e. The van der Waals surface area contributed by atoms with E-state index < -0.39 is 11.8 Å². The summed E-state index contributed by atoms with van der Waals surface area (Å²) in [7, 11) is 1.17. The molecule has 1 fully saturated rings. The minimum absolute atomic E-state index is 0.141. The topological polar surface area (TPSA) is 46.6 Å². The van der Waals surface area contributed by atoms with E-state index in [9.17, 15) is 14.0 Å². The molecule has 1 atom stereocenters. The monoisotopic (exact) mass is 271 g/mol. The van der Waals surface area contributed by atoms with Gasteiger partial charge in [-0.1, -0.05) is 0 Å². The van der Waals surface area contributed by atoms with E-state index in [1.54, 1.807) is 0 Å². The maximum absolute atomic E-state index is 13.4. The number of rotatable bonds is 2. The van der Waals surface area contributed by atoms with Crippen molar-refractivity contribution >= 4 is 29.2 Å². The first kappa shape index (κ1) is 12.8. The van der Waals surface area contributed by atoms with E-state index in [1.165, 1.54) is 24.1 Å². The van der Waals surface area contributed by atoms with Crippen LogP contribution in [0.3, 0.4) is 0 Å². The minimum Gasteiger partial charge on any atom is -0.465 e. The Balaban J connectivity index is 2.35. The van der Waals surface area contributed by atoms with Gasteiger partial charge in [0.2, 0.25) is 5.91 Å². The number of ether oxygens (including phenoxy) is 1. The van der Waals surface area contributed by atoms with Gasteiger partial charge in [-0.05, 0) is 18.2 Å². The molecule has 0 aliphatic carbocycles. The van der Waals surface area contributed by atoms with Gasteiger partial charge in [-0.3, -0.25) is 4.79 Å². The molecule has 4 nitrogen and oxygen atoms in total. The van der Waals surface area contributed by atoms with Gasteiger partial charge in [-0.25, -0.2) is 9.18 Å². The van der Waals surface area contributed by atoms with Crippen LogP contribution in [0.15, 0.2) is 18.2 Å². The van der Waals surface area contributed by atoms with Crippen LogP contribution in [0.5, 0.6) is 0 Å². The highest BCUT2D eigenvalue weighted by Gasteiger charge is 2.29. The van der Waals surface area contributed by atoms with Crippen LogP contribution in [0.1, 0.15) is 16.8 Å². The SMILES string of the molecule is COC(=O)c1cc(N2CC(Cl)CC2=O)ccc1F. The minimum atomic E-state index is -0.775. The van der Waals surface area contributed by atoms with Crippen molar-refractivity contribution in [3.05, 3.63) is 29.6 Å². The molecule has 0 aromatic heterocycles. The second-order valence-electron chi connectivity index (χ2n) is 3.96. The highest BCUT2D eigenvalue weighted by atomic mass is 35.5. The molecule has 1 aromatic carbocycles. The first-order chi connectivity index (χ1) is 8.52. The lowest BCUT2D eigenvalue weighted by Crippen LogP contribution is -2.25. The van der Waals surface area contributed by atoms with Crippen LogP contribution in [0.2, 0.25) is 0 Å². The van der Waals surface area contributed by atoms with Gasteiger partial charge in [0.15, 0.2) is 0 Å². The lowest BCUT2D eigenvalue weighted by molar-refractivity contribution is -0.117. The fraction of sp³-hybridized carbons (Fsp3) is 0.333. The number of alkyl halides is 1. The van der Waals surface area contributed by atoms with Crippen molar-refractivity contribution in [2.75, 3.05) is 18.6 Å². The van der Waals surface area contributed by atoms with Crippen LogP contribution < -0.4 is 4.90 Å². The molecular weight excluding hydrogens is 261 g/mol. The van der Waals surface area contributed by atoms with E-state index >= 15 is 0 Å². The molecule has 0 N–H and O–H groups in total. The van der Waals surface area contributed by atoms with E-state index in [0.29, 0.717) is 12.2 Å². The van der Waals surface area contributed by atoms with Crippen LogP contribution in [0.4, 0.5) is 10.1 Å². The molecule has 1 aliphatic heterocycles. The van der Waals surface area contributed by atoms with Crippen molar-refractivity contribution in [2.45, 2.75) is 11.8 Å². The predicted molar refractivity (Wildman–Crippen MR) is 64.4 cm³/mol. The number of methoxy groups -OCH3 is 1. The zero-order chi connectivity index (χ0) is 13.3. The van der Waals surface area contributed by atoms with E-state index in [2.05, 4.69) is 4.74 Å². The largest absolute Gasteiger partial charge is 0.465 e. The molecule has 0 saturated carbocycles. The lowest BCUT2D eigenvalue weighted by atomic mass is 10.2. The van der Waals surface area contributed by atoms with Crippen molar-refractivity contribution in [3.63, 3.8) is 0 Å². The number of anilines is 1. The summed E-state index contributed by atoms with van der Waals surface area (Å²) < 4.78 is 17.9. The van der Waals surface area contributed by atoms with Crippen LogP contribution in [-0.2, 0) is 9.53 Å². The van der Waals surface area contributed by atoms with Crippen molar-refractivity contribution in [3.8, 4) is 0 Å². The van der Waals surface area contributed by atoms with E-state index in [-0.39, 0.29) is 23.3 Å². The number of hydrogen-bond acceptors (Lipinski definition) is 3. The molecule has 1 aromatic rings. The van der Waals surface area contributed by atoms with Crippen molar-refractivity contribution in [1.82, 2.24) is 0 Å². The third-order valence-electron chi connectivity index (χ3n) is 2.74.